The lowest BCUT2D eigenvalue weighted by Crippen LogP contribution is -2.01. The zero-order valence-corrected chi connectivity index (χ0v) is 11.4. The summed E-state index contributed by atoms with van der Waals surface area (Å²) in [5, 5.41) is 14.2. The number of halogens is 1. The largest absolute Gasteiger partial charge is 0.388 e. The van der Waals surface area contributed by atoms with Crippen LogP contribution >= 0.6 is 27.3 Å². The first-order chi connectivity index (χ1) is 7.66. The van der Waals surface area contributed by atoms with E-state index in [1.54, 1.807) is 11.3 Å². The van der Waals surface area contributed by atoms with Gasteiger partial charge in [0.15, 0.2) is 0 Å². The summed E-state index contributed by atoms with van der Waals surface area (Å²) < 4.78 is 1.05. The summed E-state index contributed by atoms with van der Waals surface area (Å²) in [6.07, 6.45) is 0.261. The molecule has 0 aliphatic rings. The Morgan fingerprint density at radius 1 is 1.38 bits per heavy atom. The lowest BCUT2D eigenvalue weighted by atomic mass is 10.0. The molecule has 1 aromatic carbocycles. The normalized spacial score (nSPS) is 12.7. The van der Waals surface area contributed by atoms with Crippen LogP contribution in [0, 0.1) is 6.92 Å². The van der Waals surface area contributed by atoms with Crippen molar-refractivity contribution in [2.75, 3.05) is 0 Å². The SMILES string of the molecule is Cc1cscc1C(O)Cc1cccc(Br)c1. The lowest BCUT2D eigenvalue weighted by Gasteiger charge is -2.10. The molecule has 1 N–H and O–H groups in total. The van der Waals surface area contributed by atoms with Gasteiger partial charge in [-0.25, -0.2) is 0 Å². The average molecular weight is 297 g/mol. The second kappa shape index (κ2) is 5.13. The molecule has 0 spiro atoms. The molecule has 1 aromatic heterocycles. The first kappa shape index (κ1) is 11.8. The highest BCUT2D eigenvalue weighted by atomic mass is 79.9. The zero-order chi connectivity index (χ0) is 11.5. The van der Waals surface area contributed by atoms with Crippen molar-refractivity contribution >= 4 is 27.3 Å². The quantitative estimate of drug-likeness (QED) is 0.904. The van der Waals surface area contributed by atoms with Crippen LogP contribution in [0.4, 0.5) is 0 Å². The second-order valence-electron chi connectivity index (χ2n) is 3.86. The monoisotopic (exact) mass is 296 g/mol. The molecule has 0 aliphatic heterocycles. The van der Waals surface area contributed by atoms with E-state index in [4.69, 9.17) is 0 Å². The van der Waals surface area contributed by atoms with Crippen LogP contribution in [-0.2, 0) is 6.42 Å². The van der Waals surface area contributed by atoms with Gasteiger partial charge in [0.1, 0.15) is 0 Å². The number of aliphatic hydroxyl groups excluding tert-OH is 1. The van der Waals surface area contributed by atoms with Crippen molar-refractivity contribution in [2.45, 2.75) is 19.4 Å². The van der Waals surface area contributed by atoms with Gasteiger partial charge in [-0.15, -0.1) is 0 Å². The fourth-order valence-corrected chi connectivity index (χ4v) is 3.05. The van der Waals surface area contributed by atoms with Gasteiger partial charge >= 0.3 is 0 Å². The minimum Gasteiger partial charge on any atom is -0.388 e. The number of thiophene rings is 1. The summed E-state index contributed by atoms with van der Waals surface area (Å²) in [6, 6.07) is 8.07. The predicted molar refractivity (Wildman–Crippen MR) is 71.9 cm³/mol. The maximum Gasteiger partial charge on any atom is 0.0840 e. The molecular formula is C13H13BrOS. The summed E-state index contributed by atoms with van der Waals surface area (Å²) in [7, 11) is 0. The lowest BCUT2D eigenvalue weighted by molar-refractivity contribution is 0.178. The molecule has 1 heterocycles. The number of hydrogen-bond acceptors (Lipinski definition) is 2. The van der Waals surface area contributed by atoms with E-state index < -0.39 is 6.10 Å². The van der Waals surface area contributed by atoms with Gasteiger partial charge in [-0.1, -0.05) is 28.1 Å². The van der Waals surface area contributed by atoms with Crippen LogP contribution in [0.3, 0.4) is 0 Å². The Bertz CT molecular complexity index is 478. The molecule has 0 saturated carbocycles. The molecule has 2 rings (SSSR count). The minimum atomic E-state index is -0.402. The molecule has 84 valence electrons. The number of rotatable bonds is 3. The van der Waals surface area contributed by atoms with Crippen molar-refractivity contribution in [3.05, 3.63) is 56.2 Å². The number of hydrogen-bond donors (Lipinski definition) is 1. The molecule has 2 aromatic rings. The van der Waals surface area contributed by atoms with E-state index in [9.17, 15) is 5.11 Å². The molecule has 1 atom stereocenters. The van der Waals surface area contributed by atoms with E-state index in [0.717, 1.165) is 15.6 Å². The average Bonchev–Trinajstić information content (AvgIpc) is 2.64. The van der Waals surface area contributed by atoms with Crippen molar-refractivity contribution in [2.24, 2.45) is 0 Å². The third-order valence-corrected chi connectivity index (χ3v) is 3.95. The van der Waals surface area contributed by atoms with E-state index >= 15 is 0 Å². The third kappa shape index (κ3) is 2.73. The molecule has 16 heavy (non-hydrogen) atoms. The molecule has 0 amide bonds. The summed E-state index contributed by atoms with van der Waals surface area (Å²) in [5.74, 6) is 0. The molecule has 3 heteroatoms. The smallest absolute Gasteiger partial charge is 0.0840 e. The molecule has 1 unspecified atom stereocenters. The van der Waals surface area contributed by atoms with Gasteiger partial charge in [0.05, 0.1) is 6.10 Å². The van der Waals surface area contributed by atoms with Crippen LogP contribution in [0.25, 0.3) is 0 Å². The number of aryl methyl sites for hydroxylation is 1. The van der Waals surface area contributed by atoms with Crippen molar-refractivity contribution in [3.8, 4) is 0 Å². The van der Waals surface area contributed by atoms with E-state index in [-0.39, 0.29) is 0 Å². The highest BCUT2D eigenvalue weighted by Gasteiger charge is 2.11. The Morgan fingerprint density at radius 2 is 2.19 bits per heavy atom. The maximum absolute atomic E-state index is 10.1. The highest BCUT2D eigenvalue weighted by Crippen LogP contribution is 2.25. The van der Waals surface area contributed by atoms with Gasteiger partial charge in [0.25, 0.3) is 0 Å². The van der Waals surface area contributed by atoms with Crippen molar-refractivity contribution in [1.29, 1.82) is 0 Å². The topological polar surface area (TPSA) is 20.2 Å². The van der Waals surface area contributed by atoms with Crippen LogP contribution < -0.4 is 0 Å². The van der Waals surface area contributed by atoms with Gasteiger partial charge in [-0.05, 0) is 46.5 Å². The minimum absolute atomic E-state index is 0.402. The van der Waals surface area contributed by atoms with E-state index in [1.165, 1.54) is 5.56 Å². The number of benzene rings is 1. The Balaban J connectivity index is 2.14. The Hall–Kier alpha value is -0.640. The Morgan fingerprint density at radius 3 is 2.81 bits per heavy atom. The predicted octanol–water partition coefficient (Wildman–Crippen LogP) is 4.10. The van der Waals surface area contributed by atoms with Gasteiger partial charge < -0.3 is 5.11 Å². The molecule has 0 bridgehead atoms. The second-order valence-corrected chi connectivity index (χ2v) is 5.52. The van der Waals surface area contributed by atoms with E-state index in [2.05, 4.69) is 21.3 Å². The first-order valence-corrected chi connectivity index (χ1v) is 6.85. The van der Waals surface area contributed by atoms with Crippen molar-refractivity contribution in [1.82, 2.24) is 0 Å². The Kier molecular flexibility index (Phi) is 3.79. The number of aliphatic hydroxyl groups is 1. The zero-order valence-electron chi connectivity index (χ0n) is 8.98. The van der Waals surface area contributed by atoms with E-state index in [0.29, 0.717) is 6.42 Å². The summed E-state index contributed by atoms with van der Waals surface area (Å²) >= 11 is 5.07. The van der Waals surface area contributed by atoms with Crippen LogP contribution in [0.15, 0.2) is 39.5 Å². The molecule has 1 nitrogen and oxygen atoms in total. The highest BCUT2D eigenvalue weighted by molar-refractivity contribution is 9.10. The van der Waals surface area contributed by atoms with Crippen molar-refractivity contribution in [3.63, 3.8) is 0 Å². The summed E-state index contributed by atoms with van der Waals surface area (Å²) in [4.78, 5) is 0. The van der Waals surface area contributed by atoms with Gasteiger partial charge in [0, 0.05) is 10.9 Å². The van der Waals surface area contributed by atoms with Crippen LogP contribution in [0.1, 0.15) is 22.8 Å². The van der Waals surface area contributed by atoms with Crippen LogP contribution in [0.2, 0.25) is 0 Å². The molecule has 0 saturated heterocycles. The van der Waals surface area contributed by atoms with E-state index in [1.807, 2.05) is 36.6 Å². The summed E-state index contributed by atoms with van der Waals surface area (Å²) in [6.45, 7) is 2.04. The van der Waals surface area contributed by atoms with Gasteiger partial charge in [-0.2, -0.15) is 11.3 Å². The molecule has 0 radical (unpaired) electrons. The standard InChI is InChI=1S/C13H13BrOS/c1-9-7-16-8-12(9)13(15)6-10-3-2-4-11(14)5-10/h2-5,7-8,13,15H,6H2,1H3. The Labute approximate surface area is 108 Å². The fraction of sp³-hybridized carbons (Fsp3) is 0.231. The van der Waals surface area contributed by atoms with Crippen molar-refractivity contribution < 1.29 is 5.11 Å². The fourth-order valence-electron chi connectivity index (χ4n) is 1.71. The maximum atomic E-state index is 10.1. The summed E-state index contributed by atoms with van der Waals surface area (Å²) in [5.41, 5.74) is 3.37. The van der Waals surface area contributed by atoms with Gasteiger partial charge in [0.2, 0.25) is 0 Å². The molecule has 0 aliphatic carbocycles. The molecular weight excluding hydrogens is 284 g/mol. The van der Waals surface area contributed by atoms with Crippen LogP contribution in [0.5, 0.6) is 0 Å². The third-order valence-electron chi connectivity index (χ3n) is 2.57. The first-order valence-electron chi connectivity index (χ1n) is 5.12. The molecule has 0 fully saturated rings. The van der Waals surface area contributed by atoms with Gasteiger partial charge in [-0.3, -0.25) is 0 Å². The van der Waals surface area contributed by atoms with Crippen LogP contribution in [-0.4, -0.2) is 5.11 Å².